The summed E-state index contributed by atoms with van der Waals surface area (Å²) in [6.45, 7) is 4.58. The molecule has 0 aromatic heterocycles. The van der Waals surface area contributed by atoms with E-state index in [2.05, 4.69) is 41.4 Å². The van der Waals surface area contributed by atoms with E-state index in [1.165, 1.54) is 11.1 Å². The SMILES string of the molecule is COCc1ccccc1CNC(=O)CN1CCSCC1c1ccc(C)cc1. The molecule has 1 N–H and O–H groups in total. The lowest BCUT2D eigenvalue weighted by Gasteiger charge is -2.35. The number of ether oxygens (including phenoxy) is 1. The van der Waals surface area contributed by atoms with E-state index in [1.54, 1.807) is 7.11 Å². The number of rotatable bonds is 7. The Labute approximate surface area is 166 Å². The first kappa shape index (κ1) is 19.9. The van der Waals surface area contributed by atoms with Gasteiger partial charge in [-0.1, -0.05) is 54.1 Å². The third kappa shape index (κ3) is 5.58. The van der Waals surface area contributed by atoms with Crippen molar-refractivity contribution in [3.8, 4) is 0 Å². The van der Waals surface area contributed by atoms with Gasteiger partial charge in [-0.15, -0.1) is 0 Å². The zero-order chi connectivity index (χ0) is 19.1. The molecule has 27 heavy (non-hydrogen) atoms. The molecule has 5 heteroatoms. The number of benzene rings is 2. The Bertz CT molecular complexity index is 748. The van der Waals surface area contributed by atoms with Crippen molar-refractivity contribution in [3.63, 3.8) is 0 Å². The maximum Gasteiger partial charge on any atom is 0.234 e. The number of nitrogens with one attached hydrogen (secondary N) is 1. The van der Waals surface area contributed by atoms with Crippen LogP contribution in [0.3, 0.4) is 0 Å². The Hall–Kier alpha value is -1.82. The normalized spacial score (nSPS) is 17.6. The minimum Gasteiger partial charge on any atom is -0.380 e. The fraction of sp³-hybridized carbons (Fsp3) is 0.409. The van der Waals surface area contributed by atoms with Gasteiger partial charge in [0.25, 0.3) is 0 Å². The standard InChI is InChI=1S/C22H28N2O2S/c1-17-7-9-18(10-8-17)21-16-27-12-11-24(21)14-22(25)23-13-19-5-3-4-6-20(19)15-26-2/h3-10,21H,11-16H2,1-2H3,(H,23,25). The van der Waals surface area contributed by atoms with Crippen molar-refractivity contribution >= 4 is 17.7 Å². The molecule has 1 fully saturated rings. The number of thioether (sulfide) groups is 1. The zero-order valence-electron chi connectivity index (χ0n) is 16.1. The van der Waals surface area contributed by atoms with Gasteiger partial charge in [-0.25, -0.2) is 0 Å². The smallest absolute Gasteiger partial charge is 0.234 e. The molecule has 1 atom stereocenters. The lowest BCUT2D eigenvalue weighted by atomic mass is 10.0. The van der Waals surface area contributed by atoms with Crippen LogP contribution in [0.15, 0.2) is 48.5 Å². The van der Waals surface area contributed by atoms with E-state index in [0.29, 0.717) is 25.7 Å². The Morgan fingerprint density at radius 3 is 2.67 bits per heavy atom. The number of amides is 1. The predicted molar refractivity (Wildman–Crippen MR) is 112 cm³/mol. The van der Waals surface area contributed by atoms with Crippen LogP contribution < -0.4 is 5.32 Å². The minimum absolute atomic E-state index is 0.0752. The lowest BCUT2D eigenvalue weighted by Crippen LogP contribution is -2.43. The number of hydrogen-bond acceptors (Lipinski definition) is 4. The number of methoxy groups -OCH3 is 1. The highest BCUT2D eigenvalue weighted by Crippen LogP contribution is 2.29. The average molecular weight is 385 g/mol. The highest BCUT2D eigenvalue weighted by atomic mass is 32.2. The maximum absolute atomic E-state index is 12.6. The molecule has 2 aromatic carbocycles. The van der Waals surface area contributed by atoms with Crippen molar-refractivity contribution in [1.29, 1.82) is 0 Å². The van der Waals surface area contributed by atoms with E-state index in [9.17, 15) is 4.79 Å². The summed E-state index contributed by atoms with van der Waals surface area (Å²) >= 11 is 1.96. The Morgan fingerprint density at radius 1 is 1.19 bits per heavy atom. The van der Waals surface area contributed by atoms with E-state index in [4.69, 9.17) is 4.74 Å². The molecule has 0 saturated carbocycles. The number of nitrogens with zero attached hydrogens (tertiary/aromatic N) is 1. The molecule has 1 heterocycles. The van der Waals surface area contributed by atoms with Crippen molar-refractivity contribution in [2.45, 2.75) is 26.1 Å². The fourth-order valence-electron chi connectivity index (χ4n) is 3.38. The third-order valence-electron chi connectivity index (χ3n) is 4.94. The summed E-state index contributed by atoms with van der Waals surface area (Å²) in [5.74, 6) is 2.19. The first-order chi connectivity index (χ1) is 13.2. The molecule has 1 unspecified atom stereocenters. The monoisotopic (exact) mass is 384 g/mol. The minimum atomic E-state index is 0.0752. The summed E-state index contributed by atoms with van der Waals surface area (Å²) in [7, 11) is 1.69. The highest BCUT2D eigenvalue weighted by Gasteiger charge is 2.25. The van der Waals surface area contributed by atoms with Crippen LogP contribution in [0.4, 0.5) is 0 Å². The zero-order valence-corrected chi connectivity index (χ0v) is 16.9. The highest BCUT2D eigenvalue weighted by molar-refractivity contribution is 7.99. The average Bonchev–Trinajstić information content (AvgIpc) is 2.69. The van der Waals surface area contributed by atoms with Crippen molar-refractivity contribution in [1.82, 2.24) is 10.2 Å². The fourth-order valence-corrected chi connectivity index (χ4v) is 4.54. The van der Waals surface area contributed by atoms with Crippen LogP contribution in [0, 0.1) is 6.92 Å². The van der Waals surface area contributed by atoms with Gasteiger partial charge in [-0.2, -0.15) is 11.8 Å². The molecule has 0 bridgehead atoms. The summed E-state index contributed by atoms with van der Waals surface area (Å²) in [5.41, 5.74) is 4.79. The van der Waals surface area contributed by atoms with Gasteiger partial charge in [0, 0.05) is 37.7 Å². The van der Waals surface area contributed by atoms with Gasteiger partial charge >= 0.3 is 0 Å². The molecule has 1 aliphatic rings. The van der Waals surface area contributed by atoms with Crippen LogP contribution in [0.5, 0.6) is 0 Å². The number of hydrogen-bond donors (Lipinski definition) is 1. The third-order valence-corrected chi connectivity index (χ3v) is 5.97. The second-order valence-electron chi connectivity index (χ2n) is 6.95. The quantitative estimate of drug-likeness (QED) is 0.793. The molecule has 144 valence electrons. The van der Waals surface area contributed by atoms with Crippen molar-refractivity contribution in [2.24, 2.45) is 0 Å². The second-order valence-corrected chi connectivity index (χ2v) is 8.10. The summed E-state index contributed by atoms with van der Waals surface area (Å²) in [6.07, 6.45) is 0. The first-order valence-corrected chi connectivity index (χ1v) is 10.5. The molecule has 1 aliphatic heterocycles. The van der Waals surface area contributed by atoms with Gasteiger partial charge in [-0.3, -0.25) is 9.69 Å². The molecule has 3 rings (SSSR count). The molecular formula is C22H28N2O2S. The predicted octanol–water partition coefficient (Wildman–Crippen LogP) is 3.55. The summed E-state index contributed by atoms with van der Waals surface area (Å²) in [5, 5.41) is 3.08. The van der Waals surface area contributed by atoms with Gasteiger partial charge in [0.1, 0.15) is 0 Å². The maximum atomic E-state index is 12.6. The van der Waals surface area contributed by atoms with E-state index in [1.807, 2.05) is 36.0 Å². The van der Waals surface area contributed by atoms with Gasteiger partial charge < -0.3 is 10.1 Å². The summed E-state index contributed by atoms with van der Waals surface area (Å²) in [4.78, 5) is 14.9. The van der Waals surface area contributed by atoms with Crippen molar-refractivity contribution in [2.75, 3.05) is 31.7 Å². The molecule has 0 aliphatic carbocycles. The lowest BCUT2D eigenvalue weighted by molar-refractivity contribution is -0.122. The van der Waals surface area contributed by atoms with E-state index in [-0.39, 0.29) is 5.91 Å². The summed E-state index contributed by atoms with van der Waals surface area (Å²) < 4.78 is 5.25. The van der Waals surface area contributed by atoms with E-state index < -0.39 is 0 Å². The molecule has 2 aromatic rings. The van der Waals surface area contributed by atoms with Crippen molar-refractivity contribution in [3.05, 3.63) is 70.8 Å². The summed E-state index contributed by atoms with van der Waals surface area (Å²) in [6, 6.07) is 17.1. The van der Waals surface area contributed by atoms with Gasteiger partial charge in [0.15, 0.2) is 0 Å². The Kier molecular flexibility index (Phi) is 7.33. The van der Waals surface area contributed by atoms with Crippen LogP contribution >= 0.6 is 11.8 Å². The first-order valence-electron chi connectivity index (χ1n) is 9.38. The van der Waals surface area contributed by atoms with E-state index in [0.717, 1.165) is 29.2 Å². The Balaban J connectivity index is 1.59. The molecule has 4 nitrogen and oxygen atoms in total. The molecule has 1 amide bonds. The van der Waals surface area contributed by atoms with Crippen LogP contribution in [0.25, 0.3) is 0 Å². The number of carbonyl (C=O) groups excluding carboxylic acids is 1. The van der Waals surface area contributed by atoms with Crippen LogP contribution in [-0.2, 0) is 22.7 Å². The van der Waals surface area contributed by atoms with Gasteiger partial charge in [0.05, 0.1) is 13.2 Å². The van der Waals surface area contributed by atoms with Gasteiger partial charge in [-0.05, 0) is 23.6 Å². The number of aryl methyl sites for hydroxylation is 1. The van der Waals surface area contributed by atoms with Crippen LogP contribution in [0.1, 0.15) is 28.3 Å². The van der Waals surface area contributed by atoms with Crippen LogP contribution in [0.2, 0.25) is 0 Å². The Morgan fingerprint density at radius 2 is 1.93 bits per heavy atom. The molecule has 1 saturated heterocycles. The molecule has 0 radical (unpaired) electrons. The molecular weight excluding hydrogens is 356 g/mol. The largest absolute Gasteiger partial charge is 0.380 e. The van der Waals surface area contributed by atoms with Crippen molar-refractivity contribution < 1.29 is 9.53 Å². The van der Waals surface area contributed by atoms with Crippen LogP contribution in [-0.4, -0.2) is 42.5 Å². The van der Waals surface area contributed by atoms with E-state index >= 15 is 0 Å². The number of carbonyl (C=O) groups is 1. The second kappa shape index (κ2) is 9.93. The topological polar surface area (TPSA) is 41.6 Å². The van der Waals surface area contributed by atoms with Gasteiger partial charge in [0.2, 0.25) is 5.91 Å². The molecule has 0 spiro atoms.